The number of fused-ring (bicyclic) bond motifs is 1. The van der Waals surface area contributed by atoms with E-state index in [0.717, 1.165) is 33.3 Å². The molecule has 0 aliphatic rings. The smallest absolute Gasteiger partial charge is 0.340 e. The van der Waals surface area contributed by atoms with Gasteiger partial charge in [0.2, 0.25) is 5.88 Å². The maximum Gasteiger partial charge on any atom is 0.340 e. The molecule has 5 nitrogen and oxygen atoms in total. The van der Waals surface area contributed by atoms with Gasteiger partial charge in [-0.25, -0.2) is 0 Å². The fraction of sp³-hybridized carbons (Fsp3) is 0.240. The molecule has 0 saturated heterocycles. The first kappa shape index (κ1) is 21.1. The molecule has 4 aromatic rings. The first-order valence-electron chi connectivity index (χ1n) is 10.2. The van der Waals surface area contributed by atoms with Crippen LogP contribution in [0.1, 0.15) is 37.6 Å². The van der Waals surface area contributed by atoms with Crippen molar-refractivity contribution in [3.05, 3.63) is 83.6 Å². The van der Waals surface area contributed by atoms with Crippen molar-refractivity contribution in [1.82, 2.24) is 9.78 Å². The second kappa shape index (κ2) is 7.54. The minimum atomic E-state index is -4.05. The van der Waals surface area contributed by atoms with Gasteiger partial charge in [0.25, 0.3) is 0 Å². The molecule has 0 N–H and O–H groups in total. The van der Waals surface area contributed by atoms with Gasteiger partial charge in [-0.1, -0.05) is 68.8 Å². The Morgan fingerprint density at radius 3 is 2.26 bits per heavy atom. The largest absolute Gasteiger partial charge is 0.358 e. The highest BCUT2D eigenvalue weighted by atomic mass is 32.2. The van der Waals surface area contributed by atoms with Gasteiger partial charge in [0.15, 0.2) is 0 Å². The Morgan fingerprint density at radius 2 is 1.58 bits per heavy atom. The highest BCUT2D eigenvalue weighted by Gasteiger charge is 2.26. The number of benzene rings is 3. The van der Waals surface area contributed by atoms with Crippen LogP contribution >= 0.6 is 0 Å². The predicted molar refractivity (Wildman–Crippen MR) is 123 cm³/mol. The van der Waals surface area contributed by atoms with Crippen LogP contribution in [0, 0.1) is 13.8 Å². The molecule has 0 saturated carbocycles. The van der Waals surface area contributed by atoms with Gasteiger partial charge in [0.1, 0.15) is 4.90 Å². The van der Waals surface area contributed by atoms with Crippen molar-refractivity contribution in [2.45, 2.75) is 44.9 Å². The van der Waals surface area contributed by atoms with Crippen molar-refractivity contribution in [3.63, 3.8) is 0 Å². The molecule has 160 valence electrons. The summed E-state index contributed by atoms with van der Waals surface area (Å²) in [5, 5.41) is 6.50. The summed E-state index contributed by atoms with van der Waals surface area (Å²) in [6.45, 7) is 10.1. The maximum absolute atomic E-state index is 13.2. The molecule has 4 rings (SSSR count). The Labute approximate surface area is 183 Å². The van der Waals surface area contributed by atoms with Gasteiger partial charge in [-0.2, -0.15) is 18.2 Å². The molecule has 3 aromatic carbocycles. The van der Waals surface area contributed by atoms with Gasteiger partial charge in [-0.05, 0) is 48.4 Å². The van der Waals surface area contributed by atoms with Gasteiger partial charge in [-0.3, -0.25) is 0 Å². The van der Waals surface area contributed by atoms with E-state index in [2.05, 4.69) is 0 Å². The highest BCUT2D eigenvalue weighted by molar-refractivity contribution is 7.87. The van der Waals surface area contributed by atoms with Crippen LogP contribution in [-0.2, 0) is 15.5 Å². The SMILES string of the molecule is Cc1ccc(-n2nc(C(C)(C)C)cc2OS(=O)(=O)c2ccc3ccccc3c2)c(C)c1. The van der Waals surface area contributed by atoms with Crippen LogP contribution in [0.4, 0.5) is 0 Å². The van der Waals surface area contributed by atoms with E-state index in [1.54, 1.807) is 28.9 Å². The molecule has 0 aliphatic carbocycles. The van der Waals surface area contributed by atoms with E-state index in [1.807, 2.05) is 77.1 Å². The third-order valence-electron chi connectivity index (χ3n) is 5.23. The lowest BCUT2D eigenvalue weighted by Crippen LogP contribution is -2.14. The van der Waals surface area contributed by atoms with Crippen molar-refractivity contribution < 1.29 is 12.6 Å². The van der Waals surface area contributed by atoms with E-state index in [-0.39, 0.29) is 16.2 Å². The van der Waals surface area contributed by atoms with Crippen LogP contribution in [0.25, 0.3) is 16.5 Å². The standard InChI is InChI=1S/C25H26N2O3S/c1-17-10-13-22(18(2)14-17)27-24(16-23(26-27)25(3,4)5)30-31(28,29)21-12-11-19-8-6-7-9-20(19)15-21/h6-16H,1-5H3. The summed E-state index contributed by atoms with van der Waals surface area (Å²) in [6.07, 6.45) is 0. The molecule has 0 radical (unpaired) electrons. The average molecular weight is 435 g/mol. The lowest BCUT2D eigenvalue weighted by atomic mass is 9.93. The van der Waals surface area contributed by atoms with Gasteiger partial charge < -0.3 is 4.18 Å². The number of hydrogen-bond acceptors (Lipinski definition) is 4. The van der Waals surface area contributed by atoms with E-state index < -0.39 is 10.1 Å². The first-order chi connectivity index (χ1) is 14.5. The molecular formula is C25H26N2O3S. The third-order valence-corrected chi connectivity index (χ3v) is 6.45. The molecule has 1 heterocycles. The fourth-order valence-electron chi connectivity index (χ4n) is 3.49. The minimum absolute atomic E-state index is 0.108. The van der Waals surface area contributed by atoms with Crippen LogP contribution < -0.4 is 4.18 Å². The summed E-state index contributed by atoms with van der Waals surface area (Å²) in [7, 11) is -4.05. The van der Waals surface area contributed by atoms with Gasteiger partial charge in [0, 0.05) is 11.5 Å². The molecular weight excluding hydrogens is 408 g/mol. The van der Waals surface area contributed by atoms with E-state index in [4.69, 9.17) is 9.28 Å². The summed E-state index contributed by atoms with van der Waals surface area (Å²) >= 11 is 0. The quantitative estimate of drug-likeness (QED) is 0.386. The zero-order valence-electron chi connectivity index (χ0n) is 18.4. The number of hydrogen-bond donors (Lipinski definition) is 0. The summed E-state index contributed by atoms with van der Waals surface area (Å²) in [4.78, 5) is 0.108. The molecule has 6 heteroatoms. The van der Waals surface area contributed by atoms with Gasteiger partial charge in [-0.15, -0.1) is 0 Å². The van der Waals surface area contributed by atoms with E-state index >= 15 is 0 Å². The van der Waals surface area contributed by atoms with Crippen molar-refractivity contribution in [2.75, 3.05) is 0 Å². The Hall–Kier alpha value is -3.12. The Kier molecular flexibility index (Phi) is 5.13. The molecule has 0 amide bonds. The average Bonchev–Trinajstić information content (AvgIpc) is 3.11. The second-order valence-corrected chi connectivity index (χ2v) is 10.4. The third kappa shape index (κ3) is 4.21. The van der Waals surface area contributed by atoms with E-state index in [0.29, 0.717) is 0 Å². The normalized spacial score (nSPS) is 12.3. The molecule has 0 unspecified atom stereocenters. The number of nitrogens with zero attached hydrogens (tertiary/aromatic N) is 2. The summed E-state index contributed by atoms with van der Waals surface area (Å²) < 4.78 is 33.6. The molecule has 0 spiro atoms. The number of aryl methyl sites for hydroxylation is 2. The zero-order valence-corrected chi connectivity index (χ0v) is 19.2. The molecule has 1 aromatic heterocycles. The molecule has 31 heavy (non-hydrogen) atoms. The maximum atomic E-state index is 13.2. The Bertz CT molecular complexity index is 1380. The minimum Gasteiger partial charge on any atom is -0.358 e. The van der Waals surface area contributed by atoms with Crippen LogP contribution in [0.5, 0.6) is 5.88 Å². The highest BCUT2D eigenvalue weighted by Crippen LogP contribution is 2.31. The molecule has 0 atom stereocenters. The Balaban J connectivity index is 1.81. The molecule has 0 aliphatic heterocycles. The number of rotatable bonds is 4. The Morgan fingerprint density at radius 1 is 0.871 bits per heavy atom. The van der Waals surface area contributed by atoms with Crippen molar-refractivity contribution in [3.8, 4) is 11.6 Å². The summed E-state index contributed by atoms with van der Waals surface area (Å²) in [5.41, 5.74) is 3.36. The van der Waals surface area contributed by atoms with Crippen LogP contribution in [0.2, 0.25) is 0 Å². The summed E-state index contributed by atoms with van der Waals surface area (Å²) in [6, 6.07) is 20.3. The van der Waals surface area contributed by atoms with Crippen LogP contribution in [0.15, 0.2) is 71.6 Å². The monoisotopic (exact) mass is 434 g/mol. The lowest BCUT2D eigenvalue weighted by molar-refractivity contribution is 0.464. The van der Waals surface area contributed by atoms with Crippen LogP contribution in [0.3, 0.4) is 0 Å². The first-order valence-corrected chi connectivity index (χ1v) is 11.6. The van der Waals surface area contributed by atoms with Crippen molar-refractivity contribution in [1.29, 1.82) is 0 Å². The topological polar surface area (TPSA) is 61.2 Å². The second-order valence-electron chi connectivity index (χ2n) is 8.87. The molecule has 0 fully saturated rings. The van der Waals surface area contributed by atoms with Crippen molar-refractivity contribution in [2.24, 2.45) is 0 Å². The van der Waals surface area contributed by atoms with Crippen molar-refractivity contribution >= 4 is 20.9 Å². The number of aromatic nitrogens is 2. The lowest BCUT2D eigenvalue weighted by Gasteiger charge is -2.14. The summed E-state index contributed by atoms with van der Waals surface area (Å²) in [5.74, 6) is 0.171. The zero-order chi connectivity index (χ0) is 22.4. The van der Waals surface area contributed by atoms with E-state index in [1.165, 1.54) is 0 Å². The molecule has 0 bridgehead atoms. The van der Waals surface area contributed by atoms with Gasteiger partial charge in [0.05, 0.1) is 11.4 Å². The predicted octanol–water partition coefficient (Wildman–Crippen LogP) is 5.71. The fourth-order valence-corrected chi connectivity index (χ4v) is 4.43. The van der Waals surface area contributed by atoms with Gasteiger partial charge >= 0.3 is 10.1 Å². The van der Waals surface area contributed by atoms with E-state index in [9.17, 15) is 8.42 Å². The van der Waals surface area contributed by atoms with Crippen LogP contribution in [-0.4, -0.2) is 18.2 Å².